The molecule has 0 amide bonds. The number of ether oxygens (including phenoxy) is 1. The summed E-state index contributed by atoms with van der Waals surface area (Å²) in [5, 5.41) is 3.02. The number of thiol groups is 1. The molecule has 0 atom stereocenters. The molecule has 1 aliphatic heterocycles. The second-order valence-electron chi connectivity index (χ2n) is 2.26. The summed E-state index contributed by atoms with van der Waals surface area (Å²) in [7, 11) is 1.19. The van der Waals surface area contributed by atoms with Crippen LogP contribution in [0.25, 0.3) is 0 Å². The van der Waals surface area contributed by atoms with Gasteiger partial charge in [-0.05, 0) is 12.2 Å². The summed E-state index contributed by atoms with van der Waals surface area (Å²) in [6.07, 6.45) is 3.75. The summed E-state index contributed by atoms with van der Waals surface area (Å²) >= 11 is 3.95. The van der Waals surface area contributed by atoms with Gasteiger partial charge in [-0.1, -0.05) is 0 Å². The zero-order chi connectivity index (χ0) is 9.84. The molecule has 1 aliphatic rings. The second-order valence-corrected chi connectivity index (χ2v) is 2.74. The third-order valence-corrected chi connectivity index (χ3v) is 1.66. The second kappa shape index (κ2) is 4.13. The average Bonchev–Trinajstić information content (AvgIpc) is 2.27. The maximum Gasteiger partial charge on any atom is 0.340 e. The Bertz CT molecular complexity index is 320. The Morgan fingerprint density at radius 3 is 3.00 bits per heavy atom. The molecule has 0 unspecified atom stereocenters. The summed E-state index contributed by atoms with van der Waals surface area (Å²) in [6, 6.07) is 0. The van der Waals surface area contributed by atoms with Crippen LogP contribution in [0, 0.1) is 0 Å². The van der Waals surface area contributed by atoms with Crippen LogP contribution in [-0.2, 0) is 9.53 Å². The summed E-state index contributed by atoms with van der Waals surface area (Å²) in [4.78, 5) is 11.0. The Balaban J connectivity index is 3.08. The quantitative estimate of drug-likeness (QED) is 0.495. The Kier molecular flexibility index (Phi) is 3.13. The van der Waals surface area contributed by atoms with E-state index in [2.05, 4.69) is 22.7 Å². The molecule has 0 aromatic rings. The van der Waals surface area contributed by atoms with Crippen molar-refractivity contribution in [1.29, 1.82) is 0 Å². The van der Waals surface area contributed by atoms with Gasteiger partial charge >= 0.3 is 5.97 Å². The van der Waals surface area contributed by atoms with E-state index in [9.17, 15) is 9.18 Å². The van der Waals surface area contributed by atoms with Gasteiger partial charge in [-0.2, -0.15) is 0 Å². The number of allylic oxidation sites excluding steroid dienone is 2. The summed E-state index contributed by atoms with van der Waals surface area (Å²) < 4.78 is 17.5. The molecule has 0 radical (unpaired) electrons. The van der Waals surface area contributed by atoms with Crippen molar-refractivity contribution >= 4 is 18.6 Å². The van der Waals surface area contributed by atoms with Crippen molar-refractivity contribution in [3.8, 4) is 0 Å². The van der Waals surface area contributed by atoms with E-state index in [0.29, 0.717) is 5.03 Å². The molecular weight excluding hydrogens is 193 g/mol. The first-order chi connectivity index (χ1) is 6.15. The number of methoxy groups -OCH3 is 1. The minimum Gasteiger partial charge on any atom is -0.465 e. The van der Waals surface area contributed by atoms with Crippen LogP contribution in [0.4, 0.5) is 4.39 Å². The van der Waals surface area contributed by atoms with E-state index in [1.54, 1.807) is 0 Å². The number of hydrogen-bond donors (Lipinski definition) is 2. The van der Waals surface area contributed by atoms with Crippen LogP contribution in [0.1, 0.15) is 0 Å². The molecule has 0 saturated heterocycles. The number of halogens is 1. The van der Waals surface area contributed by atoms with Crippen LogP contribution in [0.2, 0.25) is 0 Å². The number of esters is 1. The largest absolute Gasteiger partial charge is 0.465 e. The molecule has 0 saturated carbocycles. The molecule has 0 spiro atoms. The topological polar surface area (TPSA) is 38.3 Å². The molecule has 0 bridgehead atoms. The molecule has 1 N–H and O–H groups in total. The van der Waals surface area contributed by atoms with Crippen molar-refractivity contribution < 1.29 is 13.9 Å². The number of carbonyl (C=O) groups excluding carboxylic acids is 1. The first-order valence-corrected chi connectivity index (χ1v) is 3.91. The monoisotopic (exact) mass is 201 g/mol. The predicted octanol–water partition coefficient (Wildman–Crippen LogP) is 1.27. The summed E-state index contributed by atoms with van der Waals surface area (Å²) in [5.41, 5.74) is -0.145. The Labute approximate surface area is 80.4 Å². The van der Waals surface area contributed by atoms with Crippen molar-refractivity contribution in [2.45, 2.75) is 0 Å². The van der Waals surface area contributed by atoms with Gasteiger partial charge in [0, 0.05) is 6.20 Å². The number of carbonyl (C=O) groups is 1. The van der Waals surface area contributed by atoms with Gasteiger partial charge in [0.25, 0.3) is 0 Å². The molecule has 70 valence electrons. The van der Waals surface area contributed by atoms with E-state index in [1.165, 1.54) is 19.4 Å². The van der Waals surface area contributed by atoms with Crippen molar-refractivity contribution in [3.05, 3.63) is 34.8 Å². The van der Waals surface area contributed by atoms with Crippen LogP contribution in [-0.4, -0.2) is 13.1 Å². The van der Waals surface area contributed by atoms with Gasteiger partial charge in [-0.3, -0.25) is 0 Å². The van der Waals surface area contributed by atoms with Crippen LogP contribution in [0.15, 0.2) is 34.8 Å². The standard InChI is InChI=1S/C8H8FNO2S/c1-12-8(11)5-4-7(13)10-3-2-6(5)9/h2-4,10,13H,1H3. The minimum atomic E-state index is -0.725. The smallest absolute Gasteiger partial charge is 0.340 e. The fourth-order valence-corrected chi connectivity index (χ4v) is 1.01. The van der Waals surface area contributed by atoms with Crippen molar-refractivity contribution in [2.75, 3.05) is 7.11 Å². The number of rotatable bonds is 1. The van der Waals surface area contributed by atoms with Gasteiger partial charge in [0.05, 0.1) is 17.7 Å². The molecule has 0 fully saturated rings. The molecule has 5 heteroatoms. The van der Waals surface area contributed by atoms with Crippen LogP contribution in [0.3, 0.4) is 0 Å². The Hall–Kier alpha value is -1.23. The van der Waals surface area contributed by atoms with E-state index in [0.717, 1.165) is 6.08 Å². The molecule has 3 nitrogen and oxygen atoms in total. The van der Waals surface area contributed by atoms with Crippen molar-refractivity contribution in [1.82, 2.24) is 5.32 Å². The molecule has 1 rings (SSSR count). The van der Waals surface area contributed by atoms with E-state index in [4.69, 9.17) is 0 Å². The normalized spacial score (nSPS) is 16.1. The lowest BCUT2D eigenvalue weighted by molar-refractivity contribution is -0.135. The van der Waals surface area contributed by atoms with Crippen LogP contribution >= 0.6 is 12.6 Å². The first-order valence-electron chi connectivity index (χ1n) is 3.47. The van der Waals surface area contributed by atoms with Gasteiger partial charge in [0.2, 0.25) is 0 Å². The van der Waals surface area contributed by atoms with E-state index in [1.807, 2.05) is 0 Å². The third-order valence-electron chi connectivity index (χ3n) is 1.40. The lowest BCUT2D eigenvalue weighted by Crippen LogP contribution is -2.05. The van der Waals surface area contributed by atoms with Gasteiger partial charge in [0.15, 0.2) is 0 Å². The summed E-state index contributed by atoms with van der Waals surface area (Å²) in [6.45, 7) is 0. The molecular formula is C8H8FNO2S. The molecule has 13 heavy (non-hydrogen) atoms. The minimum absolute atomic E-state index is 0.145. The van der Waals surface area contributed by atoms with Crippen molar-refractivity contribution in [2.24, 2.45) is 0 Å². The molecule has 0 aromatic carbocycles. The van der Waals surface area contributed by atoms with Gasteiger partial charge in [-0.15, -0.1) is 12.6 Å². The maximum atomic E-state index is 13.1. The van der Waals surface area contributed by atoms with Crippen LogP contribution in [0.5, 0.6) is 0 Å². The highest BCUT2D eigenvalue weighted by Gasteiger charge is 2.14. The van der Waals surface area contributed by atoms with E-state index >= 15 is 0 Å². The lowest BCUT2D eigenvalue weighted by atomic mass is 10.2. The number of nitrogens with one attached hydrogen (secondary N) is 1. The SMILES string of the molecule is COC(=O)C1=C(F)C=CNC(S)=C1. The van der Waals surface area contributed by atoms with Gasteiger partial charge in [0.1, 0.15) is 5.83 Å². The Morgan fingerprint density at radius 1 is 1.69 bits per heavy atom. The number of hydrogen-bond acceptors (Lipinski definition) is 4. The fraction of sp³-hybridized carbons (Fsp3) is 0.125. The van der Waals surface area contributed by atoms with Crippen molar-refractivity contribution in [3.63, 3.8) is 0 Å². The highest BCUT2D eigenvalue weighted by molar-refractivity contribution is 7.84. The van der Waals surface area contributed by atoms with E-state index < -0.39 is 11.8 Å². The highest BCUT2D eigenvalue weighted by atomic mass is 32.1. The first kappa shape index (κ1) is 9.85. The highest BCUT2D eigenvalue weighted by Crippen LogP contribution is 2.16. The maximum absolute atomic E-state index is 13.1. The Morgan fingerprint density at radius 2 is 2.38 bits per heavy atom. The molecule has 1 heterocycles. The fourth-order valence-electron chi connectivity index (χ4n) is 0.804. The lowest BCUT2D eigenvalue weighted by Gasteiger charge is -1.99. The summed E-state index contributed by atoms with van der Waals surface area (Å²) in [5.74, 6) is -1.37. The third kappa shape index (κ3) is 2.35. The molecule has 0 aromatic heterocycles. The zero-order valence-corrected chi connectivity index (χ0v) is 7.77. The average molecular weight is 201 g/mol. The van der Waals surface area contributed by atoms with Gasteiger partial charge < -0.3 is 10.1 Å². The molecule has 0 aliphatic carbocycles. The van der Waals surface area contributed by atoms with Gasteiger partial charge in [-0.25, -0.2) is 9.18 Å². The predicted molar refractivity (Wildman–Crippen MR) is 49.5 cm³/mol. The zero-order valence-electron chi connectivity index (χ0n) is 6.87. The van der Waals surface area contributed by atoms with Crippen LogP contribution < -0.4 is 5.32 Å². The van der Waals surface area contributed by atoms with E-state index in [-0.39, 0.29) is 5.57 Å².